The maximum Gasteiger partial charge on any atom is 0.252 e. The monoisotopic (exact) mass is 382 g/mol. The highest BCUT2D eigenvalue weighted by Crippen LogP contribution is 2.20. The van der Waals surface area contributed by atoms with Crippen molar-refractivity contribution >= 4 is 21.8 Å². The summed E-state index contributed by atoms with van der Waals surface area (Å²) in [6.07, 6.45) is 1.68. The average molecular weight is 383 g/mol. The fraction of sp³-hybridized carbons (Fsp3) is 0.0526. The Morgan fingerprint density at radius 3 is 2.67 bits per heavy atom. The lowest BCUT2D eigenvalue weighted by molar-refractivity contribution is 0.0950. The Labute approximate surface area is 148 Å². The molecule has 3 aromatic rings. The molecule has 5 heteroatoms. The normalized spacial score (nSPS) is 10.2. The van der Waals surface area contributed by atoms with E-state index in [1.807, 2.05) is 54.6 Å². The third-order valence-electron chi connectivity index (χ3n) is 3.33. The molecule has 0 atom stereocenters. The molecule has 0 fully saturated rings. The van der Waals surface area contributed by atoms with Crippen LogP contribution in [0.15, 0.2) is 77.4 Å². The number of halogens is 1. The summed E-state index contributed by atoms with van der Waals surface area (Å²) in [5.74, 6) is 1.09. The minimum atomic E-state index is -0.126. The third kappa shape index (κ3) is 4.20. The summed E-state index contributed by atoms with van der Waals surface area (Å²) in [6, 6.07) is 20.4. The van der Waals surface area contributed by atoms with Gasteiger partial charge in [-0.05, 0) is 51.8 Å². The highest BCUT2D eigenvalue weighted by Gasteiger charge is 2.09. The van der Waals surface area contributed by atoms with Gasteiger partial charge >= 0.3 is 0 Å². The topological polar surface area (TPSA) is 51.2 Å². The van der Waals surface area contributed by atoms with E-state index in [2.05, 4.69) is 26.2 Å². The summed E-state index contributed by atoms with van der Waals surface area (Å²) >= 11 is 3.38. The highest BCUT2D eigenvalue weighted by atomic mass is 79.9. The number of hydrogen-bond donors (Lipinski definition) is 1. The number of pyridine rings is 1. The van der Waals surface area contributed by atoms with E-state index in [1.54, 1.807) is 18.3 Å². The van der Waals surface area contributed by atoms with Gasteiger partial charge in [0, 0.05) is 23.3 Å². The number of ether oxygens (including phenoxy) is 1. The number of amides is 1. The highest BCUT2D eigenvalue weighted by molar-refractivity contribution is 9.10. The van der Waals surface area contributed by atoms with Gasteiger partial charge in [-0.2, -0.15) is 0 Å². The van der Waals surface area contributed by atoms with Crippen LogP contribution in [0.2, 0.25) is 0 Å². The SMILES string of the molecule is O=C(NCc1cccc(Oc2ccccn2)c1)c1ccccc1Br. The summed E-state index contributed by atoms with van der Waals surface area (Å²) in [4.78, 5) is 16.4. The van der Waals surface area contributed by atoms with Gasteiger partial charge in [0.15, 0.2) is 0 Å². The van der Waals surface area contributed by atoms with Crippen LogP contribution in [0, 0.1) is 0 Å². The molecular formula is C19H15BrN2O2. The fourth-order valence-electron chi connectivity index (χ4n) is 2.17. The molecule has 1 amide bonds. The Kier molecular flexibility index (Phi) is 5.23. The van der Waals surface area contributed by atoms with Crippen molar-refractivity contribution in [2.75, 3.05) is 0 Å². The van der Waals surface area contributed by atoms with E-state index in [0.717, 1.165) is 10.0 Å². The number of carbonyl (C=O) groups excluding carboxylic acids is 1. The van der Waals surface area contributed by atoms with Crippen LogP contribution < -0.4 is 10.1 Å². The van der Waals surface area contributed by atoms with Gasteiger partial charge in [0.1, 0.15) is 5.75 Å². The van der Waals surface area contributed by atoms with Gasteiger partial charge in [-0.1, -0.05) is 30.3 Å². The predicted molar refractivity (Wildman–Crippen MR) is 96.1 cm³/mol. The Bertz CT molecular complexity index is 838. The molecule has 1 aromatic heterocycles. The van der Waals surface area contributed by atoms with Crippen molar-refractivity contribution in [3.63, 3.8) is 0 Å². The van der Waals surface area contributed by atoms with Crippen molar-refractivity contribution in [3.8, 4) is 11.6 Å². The van der Waals surface area contributed by atoms with Gasteiger partial charge in [0.25, 0.3) is 5.91 Å². The number of carbonyl (C=O) groups is 1. The average Bonchev–Trinajstić information content (AvgIpc) is 2.61. The first-order valence-electron chi connectivity index (χ1n) is 7.43. The van der Waals surface area contributed by atoms with Crippen molar-refractivity contribution in [1.29, 1.82) is 0 Å². The second-order valence-electron chi connectivity index (χ2n) is 5.08. The molecule has 0 radical (unpaired) electrons. The lowest BCUT2D eigenvalue weighted by Crippen LogP contribution is -2.23. The van der Waals surface area contributed by atoms with Gasteiger partial charge in [0.05, 0.1) is 5.56 Å². The molecule has 1 heterocycles. The number of benzene rings is 2. The lowest BCUT2D eigenvalue weighted by atomic mass is 10.2. The van der Waals surface area contributed by atoms with Crippen LogP contribution in [0.4, 0.5) is 0 Å². The molecule has 0 bridgehead atoms. The van der Waals surface area contributed by atoms with Crippen LogP contribution in [-0.2, 0) is 6.54 Å². The molecule has 2 aromatic carbocycles. The van der Waals surface area contributed by atoms with Crippen molar-refractivity contribution in [2.24, 2.45) is 0 Å². The predicted octanol–water partition coefficient (Wildman–Crippen LogP) is 4.57. The van der Waals surface area contributed by atoms with E-state index >= 15 is 0 Å². The van der Waals surface area contributed by atoms with Crippen molar-refractivity contribution in [1.82, 2.24) is 10.3 Å². The summed E-state index contributed by atoms with van der Waals surface area (Å²) in [7, 11) is 0. The van der Waals surface area contributed by atoms with Gasteiger partial charge in [-0.15, -0.1) is 0 Å². The second-order valence-corrected chi connectivity index (χ2v) is 5.93. The molecule has 0 spiro atoms. The van der Waals surface area contributed by atoms with E-state index < -0.39 is 0 Å². The van der Waals surface area contributed by atoms with Gasteiger partial charge in [-0.3, -0.25) is 4.79 Å². The van der Waals surface area contributed by atoms with Gasteiger partial charge < -0.3 is 10.1 Å². The summed E-state index contributed by atoms with van der Waals surface area (Å²) in [5, 5.41) is 2.91. The van der Waals surface area contributed by atoms with Crippen LogP contribution in [0.5, 0.6) is 11.6 Å². The zero-order valence-corrected chi connectivity index (χ0v) is 14.4. The number of nitrogens with one attached hydrogen (secondary N) is 1. The van der Waals surface area contributed by atoms with Crippen LogP contribution in [0.3, 0.4) is 0 Å². The molecule has 1 N–H and O–H groups in total. The Morgan fingerprint density at radius 2 is 1.88 bits per heavy atom. The van der Waals surface area contributed by atoms with Crippen LogP contribution in [0.25, 0.3) is 0 Å². The van der Waals surface area contributed by atoms with E-state index in [4.69, 9.17) is 4.74 Å². The summed E-state index contributed by atoms with van der Waals surface area (Å²) in [6.45, 7) is 0.416. The van der Waals surface area contributed by atoms with Crippen LogP contribution in [-0.4, -0.2) is 10.9 Å². The van der Waals surface area contributed by atoms with E-state index in [1.165, 1.54) is 0 Å². The van der Waals surface area contributed by atoms with Crippen molar-refractivity contribution in [3.05, 3.63) is 88.5 Å². The first-order chi connectivity index (χ1) is 11.7. The van der Waals surface area contributed by atoms with Gasteiger partial charge in [-0.25, -0.2) is 4.98 Å². The minimum absolute atomic E-state index is 0.126. The second kappa shape index (κ2) is 7.75. The Hall–Kier alpha value is -2.66. The molecule has 0 unspecified atom stereocenters. The molecule has 4 nitrogen and oxygen atoms in total. The van der Waals surface area contributed by atoms with Crippen molar-refractivity contribution in [2.45, 2.75) is 6.54 Å². The fourth-order valence-corrected chi connectivity index (χ4v) is 2.63. The number of hydrogen-bond acceptors (Lipinski definition) is 3. The molecule has 3 rings (SSSR count). The maximum atomic E-state index is 12.2. The molecular weight excluding hydrogens is 368 g/mol. The number of rotatable bonds is 5. The molecule has 120 valence electrons. The first-order valence-corrected chi connectivity index (χ1v) is 8.22. The quantitative estimate of drug-likeness (QED) is 0.703. The minimum Gasteiger partial charge on any atom is -0.439 e. The Morgan fingerprint density at radius 1 is 1.04 bits per heavy atom. The maximum absolute atomic E-state index is 12.2. The molecule has 24 heavy (non-hydrogen) atoms. The summed E-state index contributed by atoms with van der Waals surface area (Å²) in [5.41, 5.74) is 1.56. The molecule has 0 aliphatic rings. The third-order valence-corrected chi connectivity index (χ3v) is 4.02. The summed E-state index contributed by atoms with van der Waals surface area (Å²) < 4.78 is 6.47. The van der Waals surface area contributed by atoms with E-state index in [-0.39, 0.29) is 5.91 Å². The lowest BCUT2D eigenvalue weighted by Gasteiger charge is -2.09. The number of nitrogens with zero attached hydrogens (tertiary/aromatic N) is 1. The standard InChI is InChI=1S/C19H15BrN2O2/c20-17-9-2-1-8-16(17)19(23)22-13-14-6-5-7-15(12-14)24-18-10-3-4-11-21-18/h1-12H,13H2,(H,22,23). The zero-order valence-electron chi connectivity index (χ0n) is 12.8. The molecule has 0 saturated heterocycles. The van der Waals surface area contributed by atoms with Crippen LogP contribution >= 0.6 is 15.9 Å². The van der Waals surface area contributed by atoms with E-state index in [9.17, 15) is 4.79 Å². The molecule has 0 aliphatic heterocycles. The molecule has 0 saturated carbocycles. The van der Waals surface area contributed by atoms with E-state index in [0.29, 0.717) is 23.7 Å². The first kappa shape index (κ1) is 16.2. The van der Waals surface area contributed by atoms with Crippen LogP contribution in [0.1, 0.15) is 15.9 Å². The smallest absolute Gasteiger partial charge is 0.252 e. The largest absolute Gasteiger partial charge is 0.439 e. The zero-order chi connectivity index (χ0) is 16.8. The Balaban J connectivity index is 1.65. The van der Waals surface area contributed by atoms with Crippen molar-refractivity contribution < 1.29 is 9.53 Å². The number of aromatic nitrogens is 1. The van der Waals surface area contributed by atoms with Gasteiger partial charge in [0.2, 0.25) is 5.88 Å². The molecule has 0 aliphatic carbocycles.